The van der Waals surface area contributed by atoms with Crippen molar-refractivity contribution in [2.45, 2.75) is 63.5 Å². The summed E-state index contributed by atoms with van der Waals surface area (Å²) in [4.78, 5) is 29.9. The Morgan fingerprint density at radius 2 is 2.07 bits per heavy atom. The summed E-state index contributed by atoms with van der Waals surface area (Å²) in [6, 6.07) is 8.28. The number of carbonyl (C=O) groups is 2. The van der Waals surface area contributed by atoms with Crippen LogP contribution in [0.4, 0.5) is 0 Å². The molecule has 4 rings (SSSR count). The largest absolute Gasteiger partial charge is 0.490 e. The Kier molecular flexibility index (Phi) is 6.27. The Labute approximate surface area is 171 Å². The maximum absolute atomic E-state index is 12.2. The van der Waals surface area contributed by atoms with Crippen molar-refractivity contribution in [3.8, 4) is 5.75 Å². The van der Waals surface area contributed by atoms with E-state index in [0.717, 1.165) is 61.6 Å². The number of rotatable bonds is 7. The number of aromatic nitrogens is 1. The maximum atomic E-state index is 12.2. The van der Waals surface area contributed by atoms with Gasteiger partial charge in [-0.05, 0) is 50.7 Å². The van der Waals surface area contributed by atoms with Crippen LogP contribution in [0.1, 0.15) is 51.4 Å². The molecule has 2 heterocycles. The van der Waals surface area contributed by atoms with Crippen LogP contribution in [-0.4, -0.2) is 46.9 Å². The minimum atomic E-state index is 0.0996. The summed E-state index contributed by atoms with van der Waals surface area (Å²) < 4.78 is 6.28. The molecule has 1 aliphatic heterocycles. The highest BCUT2D eigenvalue weighted by Gasteiger charge is 2.24. The summed E-state index contributed by atoms with van der Waals surface area (Å²) in [6.45, 7) is 1.55. The Hall–Kier alpha value is -2.63. The average Bonchev–Trinajstić information content (AvgIpc) is 3.14. The second kappa shape index (κ2) is 9.25. The van der Waals surface area contributed by atoms with Gasteiger partial charge in [-0.15, -0.1) is 0 Å². The summed E-state index contributed by atoms with van der Waals surface area (Å²) in [7, 11) is 0. The van der Waals surface area contributed by atoms with Gasteiger partial charge >= 0.3 is 0 Å². The fourth-order valence-electron chi connectivity index (χ4n) is 4.37. The lowest BCUT2D eigenvalue weighted by atomic mass is 9.92. The summed E-state index contributed by atoms with van der Waals surface area (Å²) >= 11 is 0. The summed E-state index contributed by atoms with van der Waals surface area (Å²) in [6.07, 6.45) is 10.4. The molecule has 1 N–H and O–H groups in total. The molecule has 6 nitrogen and oxygen atoms in total. The number of hydrogen-bond acceptors (Lipinski definition) is 4. The minimum Gasteiger partial charge on any atom is -0.490 e. The van der Waals surface area contributed by atoms with Gasteiger partial charge in [-0.2, -0.15) is 0 Å². The number of fused-ring (bicyclic) bond motifs is 1. The fourth-order valence-corrected chi connectivity index (χ4v) is 4.37. The van der Waals surface area contributed by atoms with Crippen molar-refractivity contribution in [3.05, 3.63) is 36.7 Å². The molecule has 154 valence electrons. The SMILES string of the molecule is O=C(CCCN1CCCC1=O)NC1CCC(Oc2cccc3cnccc23)CC1. The van der Waals surface area contributed by atoms with Crippen molar-refractivity contribution in [1.82, 2.24) is 15.2 Å². The molecule has 1 aromatic heterocycles. The summed E-state index contributed by atoms with van der Waals surface area (Å²) in [5.74, 6) is 1.24. The fraction of sp³-hybridized carbons (Fsp3) is 0.522. The van der Waals surface area contributed by atoms with Crippen LogP contribution in [0.5, 0.6) is 5.75 Å². The molecule has 1 aliphatic carbocycles. The normalized spacial score (nSPS) is 22.1. The molecule has 6 heteroatoms. The van der Waals surface area contributed by atoms with E-state index in [0.29, 0.717) is 19.4 Å². The topological polar surface area (TPSA) is 71.5 Å². The number of hydrogen-bond donors (Lipinski definition) is 1. The van der Waals surface area contributed by atoms with Gasteiger partial charge in [0.1, 0.15) is 5.75 Å². The van der Waals surface area contributed by atoms with Gasteiger partial charge in [0.25, 0.3) is 0 Å². The number of benzene rings is 1. The zero-order chi connectivity index (χ0) is 20.1. The number of pyridine rings is 1. The third-order valence-electron chi connectivity index (χ3n) is 5.98. The van der Waals surface area contributed by atoms with E-state index >= 15 is 0 Å². The highest BCUT2D eigenvalue weighted by atomic mass is 16.5. The van der Waals surface area contributed by atoms with Crippen molar-refractivity contribution in [2.24, 2.45) is 0 Å². The molecule has 0 spiro atoms. The van der Waals surface area contributed by atoms with Crippen LogP contribution in [0.3, 0.4) is 0 Å². The summed E-state index contributed by atoms with van der Waals surface area (Å²) in [5.41, 5.74) is 0. The first-order chi connectivity index (χ1) is 14.2. The lowest BCUT2D eigenvalue weighted by molar-refractivity contribution is -0.128. The van der Waals surface area contributed by atoms with E-state index in [4.69, 9.17) is 4.74 Å². The van der Waals surface area contributed by atoms with Gasteiger partial charge in [-0.3, -0.25) is 14.6 Å². The predicted octanol–water partition coefficient (Wildman–Crippen LogP) is 3.44. The Bertz CT molecular complexity index is 856. The van der Waals surface area contributed by atoms with Crippen LogP contribution < -0.4 is 10.1 Å². The van der Waals surface area contributed by atoms with Crippen LogP contribution >= 0.6 is 0 Å². The van der Waals surface area contributed by atoms with Gasteiger partial charge in [0.15, 0.2) is 0 Å². The Morgan fingerprint density at radius 1 is 1.21 bits per heavy atom. The van der Waals surface area contributed by atoms with E-state index in [1.807, 2.05) is 35.4 Å². The lowest BCUT2D eigenvalue weighted by Gasteiger charge is -2.30. The molecule has 1 saturated heterocycles. The number of amides is 2. The first kappa shape index (κ1) is 19.7. The smallest absolute Gasteiger partial charge is 0.222 e. The molecule has 1 aromatic carbocycles. The Balaban J connectivity index is 1.19. The number of ether oxygens (including phenoxy) is 1. The van der Waals surface area contributed by atoms with Crippen molar-refractivity contribution in [1.29, 1.82) is 0 Å². The molecule has 1 saturated carbocycles. The zero-order valence-electron chi connectivity index (χ0n) is 16.8. The van der Waals surface area contributed by atoms with Crippen molar-refractivity contribution < 1.29 is 14.3 Å². The molecule has 0 bridgehead atoms. The quantitative estimate of drug-likeness (QED) is 0.780. The third-order valence-corrected chi connectivity index (χ3v) is 5.98. The zero-order valence-corrected chi connectivity index (χ0v) is 16.8. The highest BCUT2D eigenvalue weighted by molar-refractivity contribution is 5.87. The monoisotopic (exact) mass is 395 g/mol. The molecule has 0 atom stereocenters. The first-order valence-corrected chi connectivity index (χ1v) is 10.8. The van der Waals surface area contributed by atoms with E-state index < -0.39 is 0 Å². The molecule has 0 radical (unpaired) electrons. The highest BCUT2D eigenvalue weighted by Crippen LogP contribution is 2.29. The first-order valence-electron chi connectivity index (χ1n) is 10.8. The van der Waals surface area contributed by atoms with E-state index in [1.54, 1.807) is 6.20 Å². The van der Waals surface area contributed by atoms with Crippen LogP contribution in [0.15, 0.2) is 36.7 Å². The van der Waals surface area contributed by atoms with Crippen molar-refractivity contribution in [3.63, 3.8) is 0 Å². The van der Waals surface area contributed by atoms with Crippen LogP contribution in [0.2, 0.25) is 0 Å². The molecule has 2 aliphatic rings. The molecule has 29 heavy (non-hydrogen) atoms. The molecule has 2 fully saturated rings. The standard InChI is InChI=1S/C23H29N3O3/c27-22(6-2-14-26-15-3-7-23(26)28)25-18-8-10-19(11-9-18)29-21-5-1-4-17-16-24-13-12-20(17)21/h1,4-5,12-13,16,18-19H,2-3,6-11,14-15H2,(H,25,27). The van der Waals surface area contributed by atoms with Crippen molar-refractivity contribution in [2.75, 3.05) is 13.1 Å². The maximum Gasteiger partial charge on any atom is 0.222 e. The lowest BCUT2D eigenvalue weighted by Crippen LogP contribution is -2.40. The molecular weight excluding hydrogens is 366 g/mol. The van der Waals surface area contributed by atoms with E-state index in [2.05, 4.69) is 10.3 Å². The van der Waals surface area contributed by atoms with E-state index in [-0.39, 0.29) is 24.0 Å². The summed E-state index contributed by atoms with van der Waals surface area (Å²) in [5, 5.41) is 5.34. The van der Waals surface area contributed by atoms with Gasteiger partial charge in [-0.25, -0.2) is 0 Å². The van der Waals surface area contributed by atoms with Gasteiger partial charge in [0, 0.05) is 55.1 Å². The van der Waals surface area contributed by atoms with Gasteiger partial charge in [0.05, 0.1) is 6.10 Å². The third kappa shape index (κ3) is 5.05. The second-order valence-corrected chi connectivity index (χ2v) is 8.10. The molecule has 2 amide bonds. The van der Waals surface area contributed by atoms with E-state index in [9.17, 15) is 9.59 Å². The van der Waals surface area contributed by atoms with Crippen molar-refractivity contribution >= 4 is 22.6 Å². The van der Waals surface area contributed by atoms with Gasteiger partial charge in [0.2, 0.25) is 11.8 Å². The molecule has 0 unspecified atom stereocenters. The number of nitrogens with zero attached hydrogens (tertiary/aromatic N) is 2. The molecular formula is C23H29N3O3. The Morgan fingerprint density at radius 3 is 2.86 bits per heavy atom. The average molecular weight is 396 g/mol. The molecule has 2 aromatic rings. The van der Waals surface area contributed by atoms with Gasteiger partial charge < -0.3 is 15.0 Å². The van der Waals surface area contributed by atoms with Crippen LogP contribution in [-0.2, 0) is 9.59 Å². The number of nitrogens with one attached hydrogen (secondary N) is 1. The number of likely N-dealkylation sites (tertiary alicyclic amines) is 1. The van der Waals surface area contributed by atoms with Crippen LogP contribution in [0, 0.1) is 0 Å². The number of carbonyl (C=O) groups excluding carboxylic acids is 2. The van der Waals surface area contributed by atoms with E-state index in [1.165, 1.54) is 0 Å². The minimum absolute atomic E-state index is 0.0996. The predicted molar refractivity (Wildman–Crippen MR) is 112 cm³/mol. The van der Waals surface area contributed by atoms with Gasteiger partial charge in [-0.1, -0.05) is 12.1 Å². The second-order valence-electron chi connectivity index (χ2n) is 8.10. The van der Waals surface area contributed by atoms with Crippen LogP contribution in [0.25, 0.3) is 10.8 Å².